The van der Waals surface area contributed by atoms with Gasteiger partial charge < -0.3 is 40.2 Å². The maximum atomic E-state index is 11.3. The molecule has 0 radical (unpaired) electrons. The van der Waals surface area contributed by atoms with Crippen LogP contribution in [-0.2, 0) is 52.6 Å². The second kappa shape index (κ2) is 38.2. The fourth-order valence-electron chi connectivity index (χ4n) is 4.96. The molecule has 16 nitrogen and oxygen atoms in total. The largest absolute Gasteiger partial charge is 0.462 e. The van der Waals surface area contributed by atoms with Crippen molar-refractivity contribution in [2.75, 3.05) is 31.6 Å². The Morgan fingerprint density at radius 1 is 0.522 bits per heavy atom. The van der Waals surface area contributed by atoms with Crippen molar-refractivity contribution in [3.8, 4) is 5.75 Å². The van der Waals surface area contributed by atoms with Crippen LogP contribution in [0.3, 0.4) is 0 Å². The second-order valence-electron chi connectivity index (χ2n) is 15.1. The van der Waals surface area contributed by atoms with Crippen molar-refractivity contribution >= 4 is 53.2 Å². The zero-order valence-electron chi connectivity index (χ0n) is 39.9. The fraction of sp³-hybridized carbons (Fsp3) is 0.412. The van der Waals surface area contributed by atoms with Gasteiger partial charge in [-0.05, 0) is 140 Å². The lowest BCUT2D eigenvalue weighted by Gasteiger charge is -2.28. The predicted molar refractivity (Wildman–Crippen MR) is 261 cm³/mol. The SMILES string of the molecule is C=CC(=O)NC1CCC(OC(=O)C(=C)C)CC1.C=CC(=O)NCCCCCCOC(=O)C(=C)C.C=CC(=O)NCCCCCOC(=O)C(=C)C.C=CC(=O)Nc1ccc(OC(=O)C(=C)C)cc1. The van der Waals surface area contributed by atoms with Crippen LogP contribution in [0, 0.1) is 0 Å². The molecule has 4 amide bonds. The number of carbonyl (C=O) groups excluding carboxylic acids is 8. The molecule has 1 fully saturated rings. The molecule has 0 saturated heterocycles. The zero-order valence-corrected chi connectivity index (χ0v) is 39.9. The van der Waals surface area contributed by atoms with Gasteiger partial charge in [-0.3, -0.25) is 19.2 Å². The number of hydrogen-bond donors (Lipinski definition) is 4. The lowest BCUT2D eigenvalue weighted by Crippen LogP contribution is -2.38. The Balaban J connectivity index is 0. The maximum absolute atomic E-state index is 11.3. The van der Waals surface area contributed by atoms with Crippen LogP contribution in [0.5, 0.6) is 5.75 Å². The minimum absolute atomic E-state index is 0.0453. The van der Waals surface area contributed by atoms with E-state index in [-0.39, 0.29) is 53.7 Å². The van der Waals surface area contributed by atoms with Crippen LogP contribution in [0.1, 0.15) is 98.3 Å². The second-order valence-corrected chi connectivity index (χ2v) is 15.1. The molecule has 1 aromatic rings. The van der Waals surface area contributed by atoms with Crippen LogP contribution in [-0.4, -0.2) is 86.0 Å². The number of nitrogens with one attached hydrogen (secondary N) is 4. The first-order chi connectivity index (χ1) is 31.7. The highest BCUT2D eigenvalue weighted by Gasteiger charge is 2.24. The molecule has 0 aliphatic heterocycles. The van der Waals surface area contributed by atoms with Gasteiger partial charge in [0.25, 0.3) is 0 Å². The molecule has 0 heterocycles. The summed E-state index contributed by atoms with van der Waals surface area (Å²) in [6.07, 6.45) is 14.4. The number of rotatable bonds is 25. The minimum Gasteiger partial charge on any atom is -0.462 e. The molecule has 2 rings (SSSR count). The Morgan fingerprint density at radius 2 is 0.925 bits per heavy atom. The van der Waals surface area contributed by atoms with E-state index in [9.17, 15) is 38.4 Å². The van der Waals surface area contributed by atoms with Gasteiger partial charge in [0.2, 0.25) is 23.6 Å². The van der Waals surface area contributed by atoms with Gasteiger partial charge in [-0.15, -0.1) is 0 Å². The predicted octanol–water partition coefficient (Wildman–Crippen LogP) is 7.56. The number of unbranched alkanes of at least 4 members (excludes halogenated alkanes) is 5. The molecule has 67 heavy (non-hydrogen) atoms. The molecule has 0 bridgehead atoms. The molecule has 0 atom stereocenters. The van der Waals surface area contributed by atoms with Gasteiger partial charge in [-0.1, -0.05) is 59.1 Å². The van der Waals surface area contributed by atoms with E-state index in [0.717, 1.165) is 70.6 Å². The van der Waals surface area contributed by atoms with Gasteiger partial charge in [-0.2, -0.15) is 0 Å². The molecular formula is C51H72N4O12. The first kappa shape index (κ1) is 62.0. The number of amides is 4. The Labute approximate surface area is 396 Å². The number of esters is 4. The highest BCUT2D eigenvalue weighted by atomic mass is 16.5. The number of anilines is 1. The first-order valence-corrected chi connectivity index (χ1v) is 21.9. The monoisotopic (exact) mass is 933 g/mol. The van der Waals surface area contributed by atoms with Gasteiger partial charge in [0, 0.05) is 47.1 Å². The van der Waals surface area contributed by atoms with Crippen molar-refractivity contribution in [1.82, 2.24) is 16.0 Å². The summed E-state index contributed by atoms with van der Waals surface area (Å²) in [5, 5.41) is 10.8. The zero-order chi connectivity index (χ0) is 51.2. The lowest BCUT2D eigenvalue weighted by atomic mass is 9.93. The van der Waals surface area contributed by atoms with Crippen LogP contribution in [0.15, 0.2) is 123 Å². The number of benzene rings is 1. The number of ether oxygens (including phenoxy) is 4. The number of carbonyl (C=O) groups is 8. The Bertz CT molecular complexity index is 1880. The molecule has 1 saturated carbocycles. The van der Waals surface area contributed by atoms with Crippen LogP contribution >= 0.6 is 0 Å². The minimum atomic E-state index is -0.479. The molecule has 1 aliphatic carbocycles. The van der Waals surface area contributed by atoms with Crippen molar-refractivity contribution in [1.29, 1.82) is 0 Å². The van der Waals surface area contributed by atoms with E-state index in [2.05, 4.69) is 73.9 Å². The highest BCUT2D eigenvalue weighted by Crippen LogP contribution is 2.22. The Kier molecular flexibility index (Phi) is 35.3. The molecule has 16 heteroatoms. The van der Waals surface area contributed by atoms with Crippen molar-refractivity contribution in [2.24, 2.45) is 0 Å². The topological polar surface area (TPSA) is 222 Å². The molecule has 4 N–H and O–H groups in total. The van der Waals surface area contributed by atoms with E-state index in [1.54, 1.807) is 52.0 Å². The van der Waals surface area contributed by atoms with Crippen molar-refractivity contribution in [3.63, 3.8) is 0 Å². The van der Waals surface area contributed by atoms with E-state index in [4.69, 9.17) is 18.9 Å². The van der Waals surface area contributed by atoms with Crippen LogP contribution in [0.4, 0.5) is 5.69 Å². The Morgan fingerprint density at radius 3 is 1.33 bits per heavy atom. The summed E-state index contributed by atoms with van der Waals surface area (Å²) < 4.78 is 20.1. The summed E-state index contributed by atoms with van der Waals surface area (Å²) in [6, 6.07) is 6.59. The van der Waals surface area contributed by atoms with E-state index < -0.39 is 5.97 Å². The summed E-state index contributed by atoms with van der Waals surface area (Å²) in [7, 11) is 0. The summed E-state index contributed by atoms with van der Waals surface area (Å²) in [5.41, 5.74) is 2.20. The third kappa shape index (κ3) is 34.9. The molecule has 0 unspecified atom stereocenters. The van der Waals surface area contributed by atoms with Crippen LogP contribution < -0.4 is 26.0 Å². The quantitative estimate of drug-likeness (QED) is 0.0245. The molecule has 1 aromatic carbocycles. The van der Waals surface area contributed by atoms with E-state index in [0.29, 0.717) is 60.0 Å². The van der Waals surface area contributed by atoms with Gasteiger partial charge >= 0.3 is 23.9 Å². The van der Waals surface area contributed by atoms with Gasteiger partial charge in [0.1, 0.15) is 11.9 Å². The molecule has 0 spiro atoms. The van der Waals surface area contributed by atoms with Crippen molar-refractivity contribution in [3.05, 3.63) is 123 Å². The van der Waals surface area contributed by atoms with E-state index in [1.165, 1.54) is 24.3 Å². The normalized spacial score (nSPS) is 13.0. The third-order valence-electron chi connectivity index (χ3n) is 8.72. The van der Waals surface area contributed by atoms with Crippen molar-refractivity contribution in [2.45, 2.75) is 110 Å². The number of hydrogen-bond acceptors (Lipinski definition) is 12. The maximum Gasteiger partial charge on any atom is 0.338 e. The molecule has 368 valence electrons. The fourth-order valence-corrected chi connectivity index (χ4v) is 4.96. The molecule has 1 aliphatic rings. The van der Waals surface area contributed by atoms with Gasteiger partial charge in [0.15, 0.2) is 0 Å². The van der Waals surface area contributed by atoms with Crippen LogP contribution in [0.2, 0.25) is 0 Å². The molecule has 0 aromatic heterocycles. The summed E-state index contributed by atoms with van der Waals surface area (Å²) in [4.78, 5) is 88.2. The summed E-state index contributed by atoms with van der Waals surface area (Å²) in [6.45, 7) is 36.0. The first-order valence-electron chi connectivity index (χ1n) is 21.9. The van der Waals surface area contributed by atoms with Gasteiger partial charge in [-0.25, -0.2) is 19.2 Å². The standard InChI is InChI=1S/C13H19NO3.C13H13NO3.C13H21NO3.C12H19NO3/c2*1-4-12(15)14-10-5-7-11(8-6-10)17-13(16)9(2)3;1-4-12(15)14-9-7-5-6-8-10-17-13(16)11(2)3;1-4-11(14)13-8-6-5-7-9-16-12(15)10(2)3/h4,10-11H,1-2,5-8H2,3H3,(H,14,15);4-8H,1-2H2,3H3,(H,14,15);4H,1-2,5-10H2,3H3,(H,14,15);4H,1-2,5-9H2,3H3,(H,13,14). The van der Waals surface area contributed by atoms with E-state index in [1.807, 2.05) is 0 Å². The van der Waals surface area contributed by atoms with Gasteiger partial charge in [0.05, 0.1) is 13.2 Å². The smallest absolute Gasteiger partial charge is 0.338 e. The lowest BCUT2D eigenvalue weighted by molar-refractivity contribution is -0.146. The average molecular weight is 933 g/mol. The molecular weight excluding hydrogens is 861 g/mol. The summed E-state index contributed by atoms with van der Waals surface area (Å²) >= 11 is 0. The van der Waals surface area contributed by atoms with Crippen LogP contribution in [0.25, 0.3) is 0 Å². The summed E-state index contributed by atoms with van der Waals surface area (Å²) in [5.74, 6) is -1.83. The average Bonchev–Trinajstić information content (AvgIpc) is 3.30. The van der Waals surface area contributed by atoms with E-state index >= 15 is 0 Å². The highest BCUT2D eigenvalue weighted by molar-refractivity contribution is 5.99. The van der Waals surface area contributed by atoms with Crippen molar-refractivity contribution < 1.29 is 57.3 Å². The third-order valence-corrected chi connectivity index (χ3v) is 8.72. The Hall–Kier alpha value is -7.10.